The van der Waals surface area contributed by atoms with E-state index in [0.717, 1.165) is 69.1 Å². The molecule has 7 nitrogen and oxygen atoms in total. The molecule has 0 saturated carbocycles. The van der Waals surface area contributed by atoms with Gasteiger partial charge < -0.3 is 10.2 Å². The summed E-state index contributed by atoms with van der Waals surface area (Å²) in [5.74, 6) is 0.225. The quantitative estimate of drug-likeness (QED) is 0.187. The minimum Gasteiger partial charge on any atom is -0.369 e. The highest BCUT2D eigenvalue weighted by molar-refractivity contribution is 7.99. The number of nitrogens with one attached hydrogen (secondary N) is 1. The highest BCUT2D eigenvalue weighted by Crippen LogP contribution is 2.22. The normalized spacial score (nSPS) is 16.2. The zero-order valence-electron chi connectivity index (χ0n) is 23.0. The molecule has 2 aromatic carbocycles. The summed E-state index contributed by atoms with van der Waals surface area (Å²) in [6.45, 7) is 5.98. The Hall–Kier alpha value is -2.81. The van der Waals surface area contributed by atoms with Crippen molar-refractivity contribution in [3.8, 4) is 0 Å². The molecule has 0 radical (unpaired) electrons. The number of halogens is 1. The van der Waals surface area contributed by atoms with Crippen molar-refractivity contribution in [2.24, 2.45) is 0 Å². The molecule has 1 saturated heterocycles. The van der Waals surface area contributed by atoms with E-state index in [9.17, 15) is 9.59 Å². The van der Waals surface area contributed by atoms with E-state index in [1.165, 1.54) is 30.2 Å². The number of piperazine rings is 1. The first-order valence-corrected chi connectivity index (χ1v) is 15.7. The van der Waals surface area contributed by atoms with E-state index in [-0.39, 0.29) is 17.2 Å². The highest BCUT2D eigenvalue weighted by Gasteiger charge is 2.18. The first-order valence-electron chi connectivity index (χ1n) is 14.4. The van der Waals surface area contributed by atoms with Crippen LogP contribution in [0, 0.1) is 0 Å². The summed E-state index contributed by atoms with van der Waals surface area (Å²) in [7, 11) is 0. The number of nitrogens with zero attached hydrogens (tertiary/aromatic N) is 4. The number of allylic oxidation sites excluding steroid dienone is 1. The molecule has 40 heavy (non-hydrogen) atoms. The summed E-state index contributed by atoms with van der Waals surface area (Å²) in [4.78, 5) is 35.6. The van der Waals surface area contributed by atoms with E-state index in [2.05, 4.69) is 27.3 Å². The molecule has 1 aliphatic carbocycles. The maximum Gasteiger partial charge on any atom is 0.262 e. The number of amides is 1. The van der Waals surface area contributed by atoms with Gasteiger partial charge in [-0.25, -0.2) is 4.98 Å². The average Bonchev–Trinajstić information content (AvgIpc) is 2.98. The van der Waals surface area contributed by atoms with Crippen LogP contribution in [0.3, 0.4) is 0 Å². The Bertz CT molecular complexity index is 1400. The number of hydrogen-bond acceptors (Lipinski definition) is 6. The van der Waals surface area contributed by atoms with Crippen molar-refractivity contribution in [1.29, 1.82) is 0 Å². The number of hydrogen-bond donors (Lipinski definition) is 1. The lowest BCUT2D eigenvalue weighted by atomic mass is 9.97. The van der Waals surface area contributed by atoms with Crippen LogP contribution < -0.4 is 15.8 Å². The smallest absolute Gasteiger partial charge is 0.262 e. The van der Waals surface area contributed by atoms with Crippen molar-refractivity contribution in [3.63, 3.8) is 0 Å². The second kappa shape index (κ2) is 14.2. The summed E-state index contributed by atoms with van der Waals surface area (Å²) in [6, 6.07) is 15.5. The number of carbonyl (C=O) groups excluding carboxylic acids is 1. The van der Waals surface area contributed by atoms with Crippen molar-refractivity contribution in [3.05, 3.63) is 75.6 Å². The molecule has 3 aromatic rings. The lowest BCUT2D eigenvalue weighted by Gasteiger charge is -2.36. The Morgan fingerprint density at radius 1 is 1.02 bits per heavy atom. The second-order valence-corrected chi connectivity index (χ2v) is 11.9. The first-order chi connectivity index (χ1) is 19.6. The maximum absolute atomic E-state index is 13.4. The number of thioether (sulfide) groups is 1. The van der Waals surface area contributed by atoms with Gasteiger partial charge in [0.05, 0.1) is 16.7 Å². The Morgan fingerprint density at radius 2 is 1.88 bits per heavy atom. The van der Waals surface area contributed by atoms with Crippen molar-refractivity contribution in [2.45, 2.75) is 50.2 Å². The summed E-state index contributed by atoms with van der Waals surface area (Å²) in [5, 5.41) is 5.03. The van der Waals surface area contributed by atoms with Gasteiger partial charge in [-0.3, -0.25) is 19.1 Å². The molecule has 2 heterocycles. The van der Waals surface area contributed by atoms with E-state index in [1.54, 1.807) is 4.57 Å². The maximum atomic E-state index is 13.4. The molecular weight excluding hydrogens is 542 g/mol. The molecule has 5 rings (SSSR count). The summed E-state index contributed by atoms with van der Waals surface area (Å²) < 4.78 is 1.76. The van der Waals surface area contributed by atoms with Crippen LogP contribution in [0.4, 0.5) is 5.69 Å². The van der Waals surface area contributed by atoms with Gasteiger partial charge >= 0.3 is 0 Å². The molecule has 212 valence electrons. The zero-order valence-corrected chi connectivity index (χ0v) is 24.6. The third-order valence-corrected chi connectivity index (χ3v) is 8.93. The highest BCUT2D eigenvalue weighted by atomic mass is 35.5. The monoisotopic (exact) mass is 579 g/mol. The Morgan fingerprint density at radius 3 is 2.67 bits per heavy atom. The van der Waals surface area contributed by atoms with Gasteiger partial charge in [0, 0.05) is 50.0 Å². The van der Waals surface area contributed by atoms with Crippen LogP contribution >= 0.6 is 23.4 Å². The van der Waals surface area contributed by atoms with Gasteiger partial charge in [-0.05, 0) is 75.4 Å². The molecular formula is C31H38ClN5O2S. The molecule has 9 heteroatoms. The molecule has 1 fully saturated rings. The molecule has 1 amide bonds. The van der Waals surface area contributed by atoms with Crippen LogP contribution in [0.5, 0.6) is 0 Å². The Labute approximate surface area is 245 Å². The standard InChI is InChI=1S/C31H38ClN5O2S/c32-25-10-6-11-26(22-25)36-20-18-35(19-21-36)16-7-17-37-30(39)27-12-4-5-13-28(27)34-31(37)40-23-29(38)33-15-14-24-8-2-1-3-9-24/h4-6,8,10-13,22H,1-3,7,9,14-21,23H2,(H,33,38). The Kier molecular flexibility index (Phi) is 10.2. The summed E-state index contributed by atoms with van der Waals surface area (Å²) in [5.41, 5.74) is 3.25. The van der Waals surface area contributed by atoms with Crippen LogP contribution in [0.2, 0.25) is 5.02 Å². The van der Waals surface area contributed by atoms with Gasteiger partial charge in [0.25, 0.3) is 5.56 Å². The van der Waals surface area contributed by atoms with Crippen LogP contribution in [-0.4, -0.2) is 65.4 Å². The van der Waals surface area contributed by atoms with Crippen LogP contribution in [0.15, 0.2) is 70.1 Å². The van der Waals surface area contributed by atoms with E-state index in [1.807, 2.05) is 42.5 Å². The second-order valence-electron chi connectivity index (χ2n) is 10.5. The third kappa shape index (κ3) is 7.68. The van der Waals surface area contributed by atoms with Gasteiger partial charge in [-0.1, -0.05) is 53.2 Å². The largest absolute Gasteiger partial charge is 0.369 e. The molecule has 1 aliphatic heterocycles. The number of para-hydroxylation sites is 1. The average molecular weight is 580 g/mol. The fraction of sp³-hybridized carbons (Fsp3) is 0.452. The van der Waals surface area contributed by atoms with Crippen LogP contribution in [-0.2, 0) is 11.3 Å². The topological polar surface area (TPSA) is 70.5 Å². The molecule has 0 atom stereocenters. The first kappa shape index (κ1) is 28.7. The van der Waals surface area contributed by atoms with Crippen molar-refractivity contribution in [2.75, 3.05) is 49.9 Å². The van der Waals surface area contributed by atoms with E-state index < -0.39 is 0 Å². The van der Waals surface area contributed by atoms with Gasteiger partial charge in [-0.15, -0.1) is 0 Å². The number of fused-ring (bicyclic) bond motifs is 1. The Balaban J connectivity index is 1.16. The van der Waals surface area contributed by atoms with Gasteiger partial charge in [0.2, 0.25) is 5.91 Å². The van der Waals surface area contributed by atoms with Crippen molar-refractivity contribution >= 4 is 45.9 Å². The molecule has 1 N–H and O–H groups in total. The molecule has 0 spiro atoms. The summed E-state index contributed by atoms with van der Waals surface area (Å²) >= 11 is 7.53. The molecule has 2 aliphatic rings. The number of benzene rings is 2. The molecule has 0 unspecified atom stereocenters. The van der Waals surface area contributed by atoms with Crippen molar-refractivity contribution in [1.82, 2.24) is 19.8 Å². The third-order valence-electron chi connectivity index (χ3n) is 7.71. The van der Waals surface area contributed by atoms with E-state index in [0.29, 0.717) is 29.1 Å². The molecule has 0 bridgehead atoms. The number of carbonyl (C=O) groups is 1. The number of rotatable bonds is 11. The predicted octanol–water partition coefficient (Wildman–Crippen LogP) is 5.36. The minimum atomic E-state index is -0.0384. The SMILES string of the molecule is O=C(CSc1nc2ccccc2c(=O)n1CCCN1CCN(c2cccc(Cl)c2)CC1)NCCC1=CCCCC1. The minimum absolute atomic E-state index is 0.0204. The van der Waals surface area contributed by atoms with Crippen LogP contribution in [0.1, 0.15) is 38.5 Å². The summed E-state index contributed by atoms with van der Waals surface area (Å²) in [6.07, 6.45) is 8.91. The fourth-order valence-electron chi connectivity index (χ4n) is 5.49. The van der Waals surface area contributed by atoms with E-state index >= 15 is 0 Å². The lowest BCUT2D eigenvalue weighted by molar-refractivity contribution is -0.118. The zero-order chi connectivity index (χ0) is 27.7. The van der Waals surface area contributed by atoms with E-state index in [4.69, 9.17) is 16.6 Å². The van der Waals surface area contributed by atoms with Gasteiger partial charge in [0.1, 0.15) is 0 Å². The predicted molar refractivity (Wildman–Crippen MR) is 166 cm³/mol. The number of anilines is 1. The van der Waals surface area contributed by atoms with Crippen LogP contribution in [0.25, 0.3) is 10.9 Å². The van der Waals surface area contributed by atoms with Gasteiger partial charge in [0.15, 0.2) is 5.16 Å². The van der Waals surface area contributed by atoms with Crippen molar-refractivity contribution < 1.29 is 4.79 Å². The number of aromatic nitrogens is 2. The van der Waals surface area contributed by atoms with Gasteiger partial charge in [-0.2, -0.15) is 0 Å². The molecule has 1 aromatic heterocycles. The fourth-order valence-corrected chi connectivity index (χ4v) is 6.52. The lowest BCUT2D eigenvalue weighted by Crippen LogP contribution is -2.46.